The highest BCUT2D eigenvalue weighted by Crippen LogP contribution is 2.39. The predicted octanol–water partition coefficient (Wildman–Crippen LogP) is 2.39. The van der Waals surface area contributed by atoms with Crippen LogP contribution in [0, 0.1) is 0 Å². The molecule has 0 atom stereocenters. The van der Waals surface area contributed by atoms with Gasteiger partial charge in [0, 0.05) is 25.5 Å². The van der Waals surface area contributed by atoms with E-state index in [-0.39, 0.29) is 6.61 Å². The minimum Gasteiger partial charge on any atom is -0.395 e. The number of nitrogen functional groups attached to an aromatic ring is 1. The number of nitrogens with zero attached hydrogens (tertiary/aromatic N) is 3. The number of hydrogen-bond donors (Lipinski definition) is 2. The maximum absolute atomic E-state index is 9.27. The molecule has 0 aliphatic carbocycles. The highest BCUT2D eigenvalue weighted by Gasteiger charge is 2.18. The first-order valence-electron chi connectivity index (χ1n) is 6.79. The Hall–Kier alpha value is -1.66. The Labute approximate surface area is 123 Å². The molecule has 108 valence electrons. The van der Waals surface area contributed by atoms with Gasteiger partial charge in [0.1, 0.15) is 10.8 Å². The zero-order valence-electron chi connectivity index (χ0n) is 11.6. The van der Waals surface area contributed by atoms with Gasteiger partial charge in [-0.15, -0.1) is 0 Å². The van der Waals surface area contributed by atoms with Crippen LogP contribution in [0.3, 0.4) is 0 Å². The third-order valence-corrected chi connectivity index (χ3v) is 4.03. The Morgan fingerprint density at radius 1 is 1.30 bits per heavy atom. The molecule has 2 rings (SSSR count). The molecule has 5 nitrogen and oxygen atoms in total. The van der Waals surface area contributed by atoms with Crippen molar-refractivity contribution in [1.29, 1.82) is 0 Å². The lowest BCUT2D eigenvalue weighted by Crippen LogP contribution is -2.27. The molecule has 6 heteroatoms. The van der Waals surface area contributed by atoms with Crippen LogP contribution in [-0.4, -0.2) is 34.2 Å². The van der Waals surface area contributed by atoms with Crippen molar-refractivity contribution in [2.24, 2.45) is 0 Å². The Balaban J connectivity index is 2.35. The van der Waals surface area contributed by atoms with E-state index in [1.807, 2.05) is 12.1 Å². The Bertz CT molecular complexity index is 529. The zero-order valence-corrected chi connectivity index (χ0v) is 12.4. The summed E-state index contributed by atoms with van der Waals surface area (Å²) in [6.07, 6.45) is 5.69. The van der Waals surface area contributed by atoms with Gasteiger partial charge in [0.15, 0.2) is 0 Å². The summed E-state index contributed by atoms with van der Waals surface area (Å²) in [5.41, 5.74) is 7.99. The van der Waals surface area contributed by atoms with Gasteiger partial charge in [0.05, 0.1) is 12.2 Å². The molecule has 0 aliphatic rings. The largest absolute Gasteiger partial charge is 0.395 e. The fourth-order valence-corrected chi connectivity index (χ4v) is 2.97. The number of hydrogen-bond acceptors (Lipinski definition) is 6. The first kappa shape index (κ1) is 14.7. The van der Waals surface area contributed by atoms with Crippen LogP contribution in [0.15, 0.2) is 24.5 Å². The van der Waals surface area contributed by atoms with Crippen molar-refractivity contribution >= 4 is 22.4 Å². The van der Waals surface area contributed by atoms with E-state index in [1.54, 1.807) is 12.4 Å². The van der Waals surface area contributed by atoms with Crippen molar-refractivity contribution in [2.45, 2.75) is 19.8 Å². The minimum atomic E-state index is 0.122. The molecule has 0 unspecified atom stereocenters. The molecule has 0 saturated carbocycles. The van der Waals surface area contributed by atoms with Gasteiger partial charge in [-0.05, 0) is 35.6 Å². The highest BCUT2D eigenvalue weighted by atomic mass is 32.1. The van der Waals surface area contributed by atoms with E-state index in [2.05, 4.69) is 21.2 Å². The van der Waals surface area contributed by atoms with Crippen molar-refractivity contribution in [3.8, 4) is 11.1 Å². The summed E-state index contributed by atoms with van der Waals surface area (Å²) >= 11 is 1.39. The number of aliphatic hydroxyl groups excluding tert-OH is 1. The predicted molar refractivity (Wildman–Crippen MR) is 84.0 cm³/mol. The standard InChI is InChI=1S/C14H20N4OS/c1-2-3-8-18(9-10-19)14-12(13(15)17-20-14)11-4-6-16-7-5-11/h4-7,19H,2-3,8-10H2,1H3,(H2,15,17). The number of rotatable bonds is 7. The van der Waals surface area contributed by atoms with Gasteiger partial charge < -0.3 is 15.7 Å². The summed E-state index contributed by atoms with van der Waals surface area (Å²) in [4.78, 5) is 6.19. The van der Waals surface area contributed by atoms with Gasteiger partial charge in [-0.25, -0.2) is 0 Å². The van der Waals surface area contributed by atoms with E-state index in [0.29, 0.717) is 12.4 Å². The number of aliphatic hydroxyl groups is 1. The van der Waals surface area contributed by atoms with Crippen LogP contribution in [0.2, 0.25) is 0 Å². The Morgan fingerprint density at radius 3 is 2.70 bits per heavy atom. The topological polar surface area (TPSA) is 75.3 Å². The molecule has 0 fully saturated rings. The van der Waals surface area contributed by atoms with Crippen LogP contribution >= 0.6 is 11.5 Å². The van der Waals surface area contributed by atoms with Crippen LogP contribution < -0.4 is 10.6 Å². The second-order valence-corrected chi connectivity index (χ2v) is 5.30. The molecule has 0 aliphatic heterocycles. The van der Waals surface area contributed by atoms with Crippen molar-refractivity contribution in [1.82, 2.24) is 9.36 Å². The fraction of sp³-hybridized carbons (Fsp3) is 0.429. The lowest BCUT2D eigenvalue weighted by atomic mass is 10.1. The van der Waals surface area contributed by atoms with E-state index in [4.69, 9.17) is 5.73 Å². The first-order chi connectivity index (χ1) is 9.77. The molecule has 0 saturated heterocycles. The van der Waals surface area contributed by atoms with E-state index in [9.17, 15) is 5.11 Å². The summed E-state index contributed by atoms with van der Waals surface area (Å²) in [6, 6.07) is 3.86. The van der Waals surface area contributed by atoms with Crippen molar-refractivity contribution in [3.05, 3.63) is 24.5 Å². The number of aromatic nitrogens is 2. The second kappa shape index (κ2) is 7.21. The Kier molecular flexibility index (Phi) is 5.31. The summed E-state index contributed by atoms with van der Waals surface area (Å²) in [6.45, 7) is 3.77. The monoisotopic (exact) mass is 292 g/mol. The smallest absolute Gasteiger partial charge is 0.147 e. The fourth-order valence-electron chi connectivity index (χ4n) is 2.08. The molecular weight excluding hydrogens is 272 g/mol. The Morgan fingerprint density at radius 2 is 2.05 bits per heavy atom. The molecule has 0 amide bonds. The summed E-state index contributed by atoms with van der Waals surface area (Å²) < 4.78 is 4.28. The lowest BCUT2D eigenvalue weighted by molar-refractivity contribution is 0.302. The molecule has 0 aromatic carbocycles. The number of anilines is 2. The summed E-state index contributed by atoms with van der Waals surface area (Å²) in [7, 11) is 0. The number of pyridine rings is 1. The second-order valence-electron chi connectivity index (χ2n) is 4.55. The third kappa shape index (κ3) is 3.26. The van der Waals surface area contributed by atoms with Crippen LogP contribution in [0.1, 0.15) is 19.8 Å². The van der Waals surface area contributed by atoms with Crippen LogP contribution in [0.4, 0.5) is 10.8 Å². The van der Waals surface area contributed by atoms with Gasteiger partial charge in [-0.1, -0.05) is 13.3 Å². The molecular formula is C14H20N4OS. The van der Waals surface area contributed by atoms with Crippen LogP contribution in [-0.2, 0) is 0 Å². The third-order valence-electron chi connectivity index (χ3n) is 3.11. The molecule has 0 spiro atoms. The first-order valence-corrected chi connectivity index (χ1v) is 7.56. The van der Waals surface area contributed by atoms with E-state index in [1.165, 1.54) is 11.5 Å². The van der Waals surface area contributed by atoms with Gasteiger partial charge in [0.2, 0.25) is 0 Å². The number of unbranched alkanes of at least 4 members (excludes halogenated alkanes) is 1. The zero-order chi connectivity index (χ0) is 14.4. The number of nitrogens with two attached hydrogens (primary N) is 1. The van der Waals surface area contributed by atoms with E-state index in [0.717, 1.165) is 35.5 Å². The maximum atomic E-state index is 9.27. The average Bonchev–Trinajstić information content (AvgIpc) is 2.86. The molecule has 20 heavy (non-hydrogen) atoms. The van der Waals surface area contributed by atoms with E-state index >= 15 is 0 Å². The van der Waals surface area contributed by atoms with Crippen LogP contribution in [0.5, 0.6) is 0 Å². The van der Waals surface area contributed by atoms with Gasteiger partial charge in [0.25, 0.3) is 0 Å². The SMILES string of the molecule is CCCCN(CCO)c1snc(N)c1-c1ccncc1. The summed E-state index contributed by atoms with van der Waals surface area (Å²) in [5.74, 6) is 0.538. The van der Waals surface area contributed by atoms with Gasteiger partial charge >= 0.3 is 0 Å². The average molecular weight is 292 g/mol. The molecule has 2 heterocycles. The lowest BCUT2D eigenvalue weighted by Gasteiger charge is -2.23. The van der Waals surface area contributed by atoms with Crippen molar-refractivity contribution in [2.75, 3.05) is 30.3 Å². The van der Waals surface area contributed by atoms with Crippen LogP contribution in [0.25, 0.3) is 11.1 Å². The molecule has 0 bridgehead atoms. The van der Waals surface area contributed by atoms with Gasteiger partial charge in [-0.3, -0.25) is 4.98 Å². The van der Waals surface area contributed by atoms with Gasteiger partial charge in [-0.2, -0.15) is 4.37 Å². The van der Waals surface area contributed by atoms with Crippen molar-refractivity contribution in [3.63, 3.8) is 0 Å². The minimum absolute atomic E-state index is 0.122. The normalized spacial score (nSPS) is 10.7. The summed E-state index contributed by atoms with van der Waals surface area (Å²) in [5, 5.41) is 10.3. The molecule has 0 radical (unpaired) electrons. The maximum Gasteiger partial charge on any atom is 0.147 e. The van der Waals surface area contributed by atoms with E-state index < -0.39 is 0 Å². The molecule has 2 aromatic heterocycles. The highest BCUT2D eigenvalue weighted by molar-refractivity contribution is 7.11. The van der Waals surface area contributed by atoms with Crippen molar-refractivity contribution < 1.29 is 5.11 Å². The molecule has 2 aromatic rings. The quantitative estimate of drug-likeness (QED) is 0.819. The molecule has 3 N–H and O–H groups in total.